The molecule has 1 aliphatic heterocycles. The van der Waals surface area contributed by atoms with Gasteiger partial charge in [-0.2, -0.15) is 0 Å². The van der Waals surface area contributed by atoms with E-state index >= 15 is 0 Å². The van der Waals surface area contributed by atoms with Crippen molar-refractivity contribution in [3.05, 3.63) is 0 Å². The van der Waals surface area contributed by atoms with E-state index in [9.17, 15) is 14.7 Å². The Kier molecular flexibility index (Phi) is 5.49. The van der Waals surface area contributed by atoms with Crippen molar-refractivity contribution in [1.29, 1.82) is 0 Å². The molecule has 0 saturated carbocycles. The molecule has 1 fully saturated rings. The van der Waals surface area contributed by atoms with Crippen LogP contribution in [0.4, 0.5) is 4.79 Å². The van der Waals surface area contributed by atoms with Crippen LogP contribution in [0.25, 0.3) is 0 Å². The van der Waals surface area contributed by atoms with Gasteiger partial charge < -0.3 is 14.6 Å². The number of nitrogens with one attached hydrogen (secondary N) is 1. The number of carbonyl (C=O) groups is 2. The van der Waals surface area contributed by atoms with Gasteiger partial charge in [-0.1, -0.05) is 27.2 Å². The predicted octanol–water partition coefficient (Wildman–Crippen LogP) is 2.73. The third-order valence-corrected chi connectivity index (χ3v) is 3.84. The molecule has 2 N–H and O–H groups in total. The summed E-state index contributed by atoms with van der Waals surface area (Å²) in [5.41, 5.74) is -2.52. The molecule has 128 valence electrons. The van der Waals surface area contributed by atoms with Crippen LogP contribution >= 0.6 is 0 Å². The van der Waals surface area contributed by atoms with E-state index in [-0.39, 0.29) is 24.2 Å². The topological polar surface area (TPSA) is 84.9 Å². The van der Waals surface area contributed by atoms with E-state index in [1.54, 1.807) is 20.8 Å². The number of carbonyl (C=O) groups excluding carboxylic acids is 2. The molecule has 1 rings (SSSR count). The lowest BCUT2D eigenvalue weighted by Gasteiger charge is -2.39. The molecule has 0 radical (unpaired) electrons. The van der Waals surface area contributed by atoms with E-state index in [1.807, 2.05) is 20.8 Å². The standard InChI is InChI=1S/C16H29NO5/c1-7-15(5,6)10-16(20,11-8-9-12(18)21-11)17-13(19)22-14(2,3)4/h11,20H,7-10H2,1-6H3,(H,17,19)/t11-,16-/m0/s1. The average Bonchev–Trinajstić information content (AvgIpc) is 2.73. The summed E-state index contributed by atoms with van der Waals surface area (Å²) in [5, 5.41) is 13.5. The summed E-state index contributed by atoms with van der Waals surface area (Å²) in [6.45, 7) is 11.2. The second kappa shape index (κ2) is 6.44. The molecule has 2 atom stereocenters. The maximum Gasteiger partial charge on any atom is 0.410 e. The highest BCUT2D eigenvalue weighted by Crippen LogP contribution is 2.36. The van der Waals surface area contributed by atoms with Crippen LogP contribution < -0.4 is 5.32 Å². The first kappa shape index (κ1) is 18.7. The Morgan fingerprint density at radius 1 is 1.36 bits per heavy atom. The highest BCUT2D eigenvalue weighted by atomic mass is 16.6. The molecule has 22 heavy (non-hydrogen) atoms. The molecule has 6 nitrogen and oxygen atoms in total. The van der Waals surface area contributed by atoms with E-state index in [4.69, 9.17) is 9.47 Å². The van der Waals surface area contributed by atoms with Crippen LogP contribution in [0, 0.1) is 5.41 Å². The van der Waals surface area contributed by atoms with Gasteiger partial charge >= 0.3 is 12.1 Å². The summed E-state index contributed by atoms with van der Waals surface area (Å²) in [6.07, 6.45) is 0.239. The lowest BCUT2D eigenvalue weighted by Crippen LogP contribution is -2.59. The zero-order valence-corrected chi connectivity index (χ0v) is 14.5. The Bertz CT molecular complexity index is 427. The van der Waals surface area contributed by atoms with Gasteiger partial charge in [0.15, 0.2) is 5.72 Å². The number of esters is 1. The largest absolute Gasteiger partial charge is 0.457 e. The monoisotopic (exact) mass is 315 g/mol. The van der Waals surface area contributed by atoms with Crippen LogP contribution in [0.2, 0.25) is 0 Å². The summed E-state index contributed by atoms with van der Waals surface area (Å²) in [5.74, 6) is -0.358. The zero-order chi connectivity index (χ0) is 17.2. The SMILES string of the molecule is CCC(C)(C)C[C@@](O)(NC(=O)OC(C)(C)C)[C@@H]1CCC(=O)O1. The molecule has 1 aliphatic rings. The third kappa shape index (κ3) is 5.48. The number of hydrogen-bond acceptors (Lipinski definition) is 5. The van der Waals surface area contributed by atoms with Crippen molar-refractivity contribution in [2.75, 3.05) is 0 Å². The molecule has 0 aromatic rings. The second-order valence-corrected chi connectivity index (χ2v) is 7.76. The van der Waals surface area contributed by atoms with Crippen LogP contribution in [0.5, 0.6) is 0 Å². The van der Waals surface area contributed by atoms with E-state index in [1.165, 1.54) is 0 Å². The number of hydrogen-bond donors (Lipinski definition) is 2. The minimum absolute atomic E-state index is 0.223. The van der Waals surface area contributed by atoms with Gasteiger partial charge in [0, 0.05) is 12.8 Å². The Morgan fingerprint density at radius 3 is 2.36 bits per heavy atom. The normalized spacial score (nSPS) is 22.0. The number of ether oxygens (including phenoxy) is 2. The highest BCUT2D eigenvalue weighted by Gasteiger charge is 2.47. The Hall–Kier alpha value is -1.30. The van der Waals surface area contributed by atoms with Crippen molar-refractivity contribution in [2.24, 2.45) is 5.41 Å². The zero-order valence-electron chi connectivity index (χ0n) is 14.5. The van der Waals surface area contributed by atoms with Crippen LogP contribution in [0.3, 0.4) is 0 Å². The summed E-state index contributed by atoms with van der Waals surface area (Å²) < 4.78 is 10.4. The van der Waals surface area contributed by atoms with E-state index in [2.05, 4.69) is 5.32 Å². The van der Waals surface area contributed by atoms with Gasteiger partial charge in [-0.15, -0.1) is 0 Å². The van der Waals surface area contributed by atoms with Gasteiger partial charge in [0.05, 0.1) is 0 Å². The first-order chi connectivity index (χ1) is 9.87. The quantitative estimate of drug-likeness (QED) is 0.602. The first-order valence-electron chi connectivity index (χ1n) is 7.80. The number of alkyl carbamates (subject to hydrolysis) is 1. The fraction of sp³-hybridized carbons (Fsp3) is 0.875. The molecule has 1 saturated heterocycles. The Morgan fingerprint density at radius 2 is 1.95 bits per heavy atom. The van der Waals surface area contributed by atoms with Crippen molar-refractivity contribution in [3.8, 4) is 0 Å². The molecular formula is C16H29NO5. The molecule has 0 aromatic heterocycles. The van der Waals surface area contributed by atoms with Gasteiger partial charge in [0.1, 0.15) is 11.7 Å². The van der Waals surface area contributed by atoms with Crippen LogP contribution in [0.1, 0.15) is 67.2 Å². The molecule has 1 heterocycles. The summed E-state index contributed by atoms with van der Waals surface area (Å²) in [7, 11) is 0. The number of amides is 1. The van der Waals surface area contributed by atoms with E-state index < -0.39 is 23.5 Å². The third-order valence-electron chi connectivity index (χ3n) is 3.84. The maximum atomic E-state index is 12.1. The predicted molar refractivity (Wildman–Crippen MR) is 82.1 cm³/mol. The Labute approximate surface area is 132 Å². The molecule has 0 spiro atoms. The number of cyclic esters (lactones) is 1. The lowest BCUT2D eigenvalue weighted by atomic mass is 9.79. The molecule has 0 aromatic carbocycles. The van der Waals surface area contributed by atoms with E-state index in [0.29, 0.717) is 6.42 Å². The molecule has 1 amide bonds. The first-order valence-corrected chi connectivity index (χ1v) is 7.80. The minimum atomic E-state index is -1.63. The fourth-order valence-electron chi connectivity index (χ4n) is 2.44. The van der Waals surface area contributed by atoms with Gasteiger partial charge in [-0.25, -0.2) is 4.79 Å². The second-order valence-electron chi connectivity index (χ2n) is 7.76. The van der Waals surface area contributed by atoms with Crippen LogP contribution in [-0.4, -0.2) is 34.6 Å². The van der Waals surface area contributed by atoms with Crippen molar-refractivity contribution < 1.29 is 24.2 Å². The summed E-state index contributed by atoms with van der Waals surface area (Å²) in [6, 6.07) is 0. The number of aliphatic hydroxyl groups is 1. The van der Waals surface area contributed by atoms with Gasteiger partial charge in [-0.3, -0.25) is 10.1 Å². The van der Waals surface area contributed by atoms with Crippen molar-refractivity contribution in [3.63, 3.8) is 0 Å². The average molecular weight is 315 g/mol. The number of rotatable bonds is 5. The van der Waals surface area contributed by atoms with E-state index in [0.717, 1.165) is 6.42 Å². The molecule has 0 unspecified atom stereocenters. The smallest absolute Gasteiger partial charge is 0.410 e. The Balaban J connectivity index is 2.91. The fourth-order valence-corrected chi connectivity index (χ4v) is 2.44. The van der Waals surface area contributed by atoms with Gasteiger partial charge in [0.2, 0.25) is 0 Å². The van der Waals surface area contributed by atoms with Crippen molar-refractivity contribution >= 4 is 12.1 Å². The molecular weight excluding hydrogens is 286 g/mol. The molecule has 0 aliphatic carbocycles. The summed E-state index contributed by atoms with van der Waals surface area (Å²) >= 11 is 0. The maximum absolute atomic E-state index is 12.1. The minimum Gasteiger partial charge on any atom is -0.457 e. The summed E-state index contributed by atoms with van der Waals surface area (Å²) in [4.78, 5) is 23.4. The van der Waals surface area contributed by atoms with Crippen LogP contribution in [-0.2, 0) is 14.3 Å². The van der Waals surface area contributed by atoms with Gasteiger partial charge in [-0.05, 0) is 32.6 Å². The van der Waals surface area contributed by atoms with Gasteiger partial charge in [0.25, 0.3) is 0 Å². The van der Waals surface area contributed by atoms with Crippen molar-refractivity contribution in [2.45, 2.75) is 84.7 Å². The molecule has 6 heteroatoms. The highest BCUT2D eigenvalue weighted by molar-refractivity contribution is 5.72. The lowest BCUT2D eigenvalue weighted by molar-refractivity contribution is -0.161. The molecule has 0 bridgehead atoms. The van der Waals surface area contributed by atoms with Crippen LogP contribution in [0.15, 0.2) is 0 Å². The van der Waals surface area contributed by atoms with Crippen molar-refractivity contribution in [1.82, 2.24) is 5.32 Å².